The van der Waals surface area contributed by atoms with Crippen LogP contribution in [0.3, 0.4) is 0 Å². The fourth-order valence-corrected chi connectivity index (χ4v) is 2.03. The molecule has 0 radical (unpaired) electrons. The average molecular weight is 284 g/mol. The van der Waals surface area contributed by atoms with Crippen molar-refractivity contribution < 1.29 is 9.59 Å². The Kier molecular flexibility index (Phi) is 6.41. The SMILES string of the molecule is CC(C)CCNC(=O)NC(=O)CSc1nccn1C. The maximum absolute atomic E-state index is 11.5. The number of imidazole rings is 1. The second kappa shape index (κ2) is 7.83. The van der Waals surface area contributed by atoms with Gasteiger partial charge in [0, 0.05) is 26.0 Å². The van der Waals surface area contributed by atoms with Crippen LogP contribution >= 0.6 is 11.8 Å². The molecule has 0 fully saturated rings. The molecule has 0 saturated carbocycles. The van der Waals surface area contributed by atoms with Gasteiger partial charge in [-0.15, -0.1) is 0 Å². The number of amides is 3. The van der Waals surface area contributed by atoms with E-state index in [1.165, 1.54) is 11.8 Å². The van der Waals surface area contributed by atoms with Crippen LogP contribution in [0.4, 0.5) is 4.79 Å². The monoisotopic (exact) mass is 284 g/mol. The van der Waals surface area contributed by atoms with Gasteiger partial charge in [0.2, 0.25) is 5.91 Å². The standard InChI is InChI=1S/C12H20N4O2S/c1-9(2)4-5-13-11(18)15-10(17)8-19-12-14-6-7-16(12)3/h6-7,9H,4-5,8H2,1-3H3,(H2,13,15,17,18). The molecule has 0 aliphatic heterocycles. The van der Waals surface area contributed by atoms with Crippen LogP contribution in [0.5, 0.6) is 0 Å². The van der Waals surface area contributed by atoms with Crippen LogP contribution in [0.15, 0.2) is 17.6 Å². The van der Waals surface area contributed by atoms with Gasteiger partial charge in [-0.1, -0.05) is 25.6 Å². The highest BCUT2D eigenvalue weighted by Crippen LogP contribution is 2.13. The largest absolute Gasteiger partial charge is 0.338 e. The van der Waals surface area contributed by atoms with Crippen molar-refractivity contribution in [2.45, 2.75) is 25.4 Å². The summed E-state index contributed by atoms with van der Waals surface area (Å²) in [6.07, 6.45) is 4.36. The van der Waals surface area contributed by atoms with E-state index in [1.54, 1.807) is 12.4 Å². The average Bonchev–Trinajstić information content (AvgIpc) is 2.71. The molecule has 1 heterocycles. The van der Waals surface area contributed by atoms with Crippen LogP contribution in [-0.2, 0) is 11.8 Å². The Morgan fingerprint density at radius 1 is 1.47 bits per heavy atom. The third kappa shape index (κ3) is 6.28. The molecule has 0 spiro atoms. The molecule has 6 nitrogen and oxygen atoms in total. The molecule has 1 rings (SSSR count). The summed E-state index contributed by atoms with van der Waals surface area (Å²) in [4.78, 5) is 27.0. The Bertz CT molecular complexity index is 431. The van der Waals surface area contributed by atoms with Crippen molar-refractivity contribution >= 4 is 23.7 Å². The van der Waals surface area contributed by atoms with Crippen molar-refractivity contribution in [3.05, 3.63) is 12.4 Å². The second-order valence-electron chi connectivity index (χ2n) is 4.60. The molecule has 1 aromatic heterocycles. The first-order valence-electron chi connectivity index (χ1n) is 6.17. The number of carbonyl (C=O) groups is 2. The molecule has 0 atom stereocenters. The third-order valence-electron chi connectivity index (χ3n) is 2.37. The van der Waals surface area contributed by atoms with Crippen molar-refractivity contribution in [1.82, 2.24) is 20.2 Å². The minimum absolute atomic E-state index is 0.169. The van der Waals surface area contributed by atoms with Crippen LogP contribution in [0.25, 0.3) is 0 Å². The Morgan fingerprint density at radius 3 is 2.79 bits per heavy atom. The van der Waals surface area contributed by atoms with E-state index in [0.717, 1.165) is 11.6 Å². The molecule has 19 heavy (non-hydrogen) atoms. The van der Waals surface area contributed by atoms with E-state index < -0.39 is 6.03 Å². The summed E-state index contributed by atoms with van der Waals surface area (Å²) >= 11 is 1.29. The number of aryl methyl sites for hydroxylation is 1. The number of rotatable bonds is 6. The van der Waals surface area contributed by atoms with E-state index in [4.69, 9.17) is 0 Å². The fraction of sp³-hybridized carbons (Fsp3) is 0.583. The lowest BCUT2D eigenvalue weighted by Gasteiger charge is -2.08. The van der Waals surface area contributed by atoms with Gasteiger partial charge in [-0.05, 0) is 12.3 Å². The van der Waals surface area contributed by atoms with E-state index >= 15 is 0 Å². The molecule has 0 saturated heterocycles. The first kappa shape index (κ1) is 15.6. The van der Waals surface area contributed by atoms with E-state index in [2.05, 4.69) is 29.5 Å². The van der Waals surface area contributed by atoms with Gasteiger partial charge in [0.1, 0.15) is 0 Å². The van der Waals surface area contributed by atoms with Gasteiger partial charge >= 0.3 is 6.03 Å². The number of hydrogen-bond donors (Lipinski definition) is 2. The molecule has 7 heteroatoms. The van der Waals surface area contributed by atoms with Gasteiger partial charge in [0.15, 0.2) is 5.16 Å². The Balaban J connectivity index is 2.20. The summed E-state index contributed by atoms with van der Waals surface area (Å²) < 4.78 is 1.82. The Labute approximate surface area is 117 Å². The third-order valence-corrected chi connectivity index (χ3v) is 3.43. The van der Waals surface area contributed by atoms with Gasteiger partial charge in [0.25, 0.3) is 0 Å². The zero-order valence-electron chi connectivity index (χ0n) is 11.5. The van der Waals surface area contributed by atoms with E-state index in [-0.39, 0.29) is 11.7 Å². The number of carbonyl (C=O) groups excluding carboxylic acids is 2. The van der Waals surface area contributed by atoms with Gasteiger partial charge in [0.05, 0.1) is 5.75 Å². The molecule has 1 aromatic rings. The molecule has 106 valence electrons. The maximum Gasteiger partial charge on any atom is 0.321 e. The molecular weight excluding hydrogens is 264 g/mol. The predicted octanol–water partition coefficient (Wildman–Crippen LogP) is 1.38. The maximum atomic E-state index is 11.5. The van der Waals surface area contributed by atoms with Crippen molar-refractivity contribution in [2.75, 3.05) is 12.3 Å². The minimum atomic E-state index is -0.439. The summed E-state index contributed by atoms with van der Waals surface area (Å²) in [6.45, 7) is 4.73. The highest BCUT2D eigenvalue weighted by atomic mass is 32.2. The van der Waals surface area contributed by atoms with Crippen LogP contribution < -0.4 is 10.6 Å². The highest BCUT2D eigenvalue weighted by Gasteiger charge is 2.09. The zero-order chi connectivity index (χ0) is 14.3. The van der Waals surface area contributed by atoms with E-state index in [9.17, 15) is 9.59 Å². The number of imide groups is 1. The van der Waals surface area contributed by atoms with Crippen molar-refractivity contribution in [2.24, 2.45) is 13.0 Å². The molecule has 2 N–H and O–H groups in total. The summed E-state index contributed by atoms with van der Waals surface area (Å²) in [5.41, 5.74) is 0. The highest BCUT2D eigenvalue weighted by molar-refractivity contribution is 7.99. The van der Waals surface area contributed by atoms with Crippen LogP contribution in [0.1, 0.15) is 20.3 Å². The Morgan fingerprint density at radius 2 is 2.21 bits per heavy atom. The number of hydrogen-bond acceptors (Lipinski definition) is 4. The number of nitrogens with zero attached hydrogens (tertiary/aromatic N) is 2. The first-order valence-corrected chi connectivity index (χ1v) is 7.15. The molecule has 0 aliphatic rings. The number of aromatic nitrogens is 2. The number of thioether (sulfide) groups is 1. The summed E-state index contributed by atoms with van der Waals surface area (Å²) in [5, 5.41) is 5.68. The molecule has 0 aromatic carbocycles. The molecule has 0 bridgehead atoms. The summed E-state index contributed by atoms with van der Waals surface area (Å²) in [5.74, 6) is 0.368. The topological polar surface area (TPSA) is 76.0 Å². The van der Waals surface area contributed by atoms with E-state index in [0.29, 0.717) is 12.5 Å². The van der Waals surface area contributed by atoms with Gasteiger partial charge in [-0.25, -0.2) is 9.78 Å². The van der Waals surface area contributed by atoms with Gasteiger partial charge < -0.3 is 9.88 Å². The molecule has 0 unspecified atom stereocenters. The van der Waals surface area contributed by atoms with Crippen molar-refractivity contribution in [1.29, 1.82) is 0 Å². The fourth-order valence-electron chi connectivity index (χ4n) is 1.30. The first-order chi connectivity index (χ1) is 8.99. The zero-order valence-corrected chi connectivity index (χ0v) is 12.3. The van der Waals surface area contributed by atoms with Crippen LogP contribution in [0.2, 0.25) is 0 Å². The van der Waals surface area contributed by atoms with Crippen molar-refractivity contribution in [3.8, 4) is 0 Å². The lowest BCUT2D eigenvalue weighted by molar-refractivity contribution is -0.117. The molecule has 3 amide bonds. The smallest absolute Gasteiger partial charge is 0.321 e. The van der Waals surface area contributed by atoms with Crippen molar-refractivity contribution in [3.63, 3.8) is 0 Å². The summed E-state index contributed by atoms with van der Waals surface area (Å²) in [7, 11) is 1.85. The van der Waals surface area contributed by atoms with Crippen LogP contribution in [0, 0.1) is 5.92 Å². The normalized spacial score (nSPS) is 10.5. The molecular formula is C12H20N4O2S. The van der Waals surface area contributed by atoms with Gasteiger partial charge in [-0.3, -0.25) is 10.1 Å². The quantitative estimate of drug-likeness (QED) is 0.774. The minimum Gasteiger partial charge on any atom is -0.338 e. The lowest BCUT2D eigenvalue weighted by atomic mass is 10.1. The van der Waals surface area contributed by atoms with Crippen LogP contribution in [-0.4, -0.2) is 33.8 Å². The second-order valence-corrected chi connectivity index (χ2v) is 5.54. The Hall–Kier alpha value is -1.50. The van der Waals surface area contributed by atoms with E-state index in [1.807, 2.05) is 11.6 Å². The number of urea groups is 1. The van der Waals surface area contributed by atoms with Gasteiger partial charge in [-0.2, -0.15) is 0 Å². The summed E-state index contributed by atoms with van der Waals surface area (Å²) in [6, 6.07) is -0.439. The lowest BCUT2D eigenvalue weighted by Crippen LogP contribution is -2.40. The number of nitrogens with one attached hydrogen (secondary N) is 2. The predicted molar refractivity (Wildman–Crippen MR) is 74.9 cm³/mol. The molecule has 0 aliphatic carbocycles.